The largest absolute Gasteiger partial charge is 0.308 e. The number of hydrogen-bond donors (Lipinski definition) is 1. The summed E-state index contributed by atoms with van der Waals surface area (Å²) in [7, 11) is 0. The molecule has 2 aliphatic rings. The first-order valence-electron chi connectivity index (χ1n) is 6.37. The molecule has 2 fully saturated rings. The quantitative estimate of drug-likeness (QED) is 0.814. The first-order chi connectivity index (χ1) is 7.83. The van der Waals surface area contributed by atoms with Crippen molar-refractivity contribution in [3.63, 3.8) is 0 Å². The Hall–Kier alpha value is -0.860. The second-order valence-electron chi connectivity index (χ2n) is 5.14. The maximum Gasteiger partial charge on any atom is 0.0449 e. The number of benzene rings is 1. The SMILES string of the molecule is Cc1ccc([C@H]2CN(C3CC3)CCN2)cc1. The Kier molecular flexibility index (Phi) is 2.70. The van der Waals surface area contributed by atoms with Crippen molar-refractivity contribution < 1.29 is 0 Å². The normalized spacial score (nSPS) is 26.9. The number of aryl methyl sites for hydroxylation is 1. The predicted octanol–water partition coefficient (Wildman–Crippen LogP) is 2.10. The molecule has 1 aliphatic carbocycles. The van der Waals surface area contributed by atoms with Crippen LogP contribution in [0.15, 0.2) is 24.3 Å². The van der Waals surface area contributed by atoms with Crippen molar-refractivity contribution in [1.82, 2.24) is 10.2 Å². The fourth-order valence-corrected chi connectivity index (χ4v) is 2.57. The molecular weight excluding hydrogens is 196 g/mol. The zero-order chi connectivity index (χ0) is 11.0. The summed E-state index contributed by atoms with van der Waals surface area (Å²) >= 11 is 0. The van der Waals surface area contributed by atoms with Crippen LogP contribution in [0.5, 0.6) is 0 Å². The third kappa shape index (κ3) is 2.13. The van der Waals surface area contributed by atoms with Gasteiger partial charge in [-0.1, -0.05) is 29.8 Å². The van der Waals surface area contributed by atoms with Crippen LogP contribution in [0.4, 0.5) is 0 Å². The molecule has 0 bridgehead atoms. The van der Waals surface area contributed by atoms with E-state index < -0.39 is 0 Å². The van der Waals surface area contributed by atoms with Crippen molar-refractivity contribution in [2.75, 3.05) is 19.6 Å². The van der Waals surface area contributed by atoms with E-state index in [2.05, 4.69) is 41.4 Å². The Morgan fingerprint density at radius 1 is 1.19 bits per heavy atom. The zero-order valence-corrected chi connectivity index (χ0v) is 9.95. The van der Waals surface area contributed by atoms with E-state index in [1.165, 1.54) is 37.1 Å². The molecule has 1 saturated carbocycles. The van der Waals surface area contributed by atoms with Crippen molar-refractivity contribution >= 4 is 0 Å². The van der Waals surface area contributed by atoms with Gasteiger partial charge in [-0.05, 0) is 25.3 Å². The van der Waals surface area contributed by atoms with Crippen molar-refractivity contribution in [1.29, 1.82) is 0 Å². The molecule has 16 heavy (non-hydrogen) atoms. The number of piperazine rings is 1. The maximum absolute atomic E-state index is 3.63. The summed E-state index contributed by atoms with van der Waals surface area (Å²) in [4.78, 5) is 2.65. The Morgan fingerprint density at radius 3 is 2.62 bits per heavy atom. The topological polar surface area (TPSA) is 15.3 Å². The predicted molar refractivity (Wildman–Crippen MR) is 66.5 cm³/mol. The molecule has 0 radical (unpaired) electrons. The minimum absolute atomic E-state index is 0.537. The molecule has 1 heterocycles. The fourth-order valence-electron chi connectivity index (χ4n) is 2.57. The summed E-state index contributed by atoms with van der Waals surface area (Å²) in [5, 5.41) is 3.63. The lowest BCUT2D eigenvalue weighted by Gasteiger charge is -2.34. The highest BCUT2D eigenvalue weighted by Gasteiger charge is 2.32. The van der Waals surface area contributed by atoms with E-state index in [-0.39, 0.29) is 0 Å². The third-order valence-electron chi connectivity index (χ3n) is 3.75. The minimum atomic E-state index is 0.537. The van der Waals surface area contributed by atoms with Crippen LogP contribution in [-0.2, 0) is 0 Å². The van der Waals surface area contributed by atoms with E-state index in [4.69, 9.17) is 0 Å². The molecule has 1 saturated heterocycles. The summed E-state index contributed by atoms with van der Waals surface area (Å²) in [6.45, 7) is 5.70. The lowest BCUT2D eigenvalue weighted by atomic mass is 10.0. The van der Waals surface area contributed by atoms with Gasteiger partial charge in [0.1, 0.15) is 0 Å². The molecule has 0 spiro atoms. The third-order valence-corrected chi connectivity index (χ3v) is 3.75. The fraction of sp³-hybridized carbons (Fsp3) is 0.571. The van der Waals surface area contributed by atoms with E-state index in [9.17, 15) is 0 Å². The first-order valence-corrected chi connectivity index (χ1v) is 6.37. The molecule has 1 N–H and O–H groups in total. The molecular formula is C14H20N2. The van der Waals surface area contributed by atoms with E-state index in [1.807, 2.05) is 0 Å². The zero-order valence-electron chi connectivity index (χ0n) is 9.95. The average Bonchev–Trinajstić information content (AvgIpc) is 3.14. The molecule has 1 atom stereocenters. The number of nitrogens with zero attached hydrogens (tertiary/aromatic N) is 1. The van der Waals surface area contributed by atoms with Gasteiger partial charge in [0.15, 0.2) is 0 Å². The van der Waals surface area contributed by atoms with Gasteiger partial charge in [-0.2, -0.15) is 0 Å². The molecule has 1 aliphatic heterocycles. The van der Waals surface area contributed by atoms with Gasteiger partial charge < -0.3 is 5.32 Å². The molecule has 2 nitrogen and oxygen atoms in total. The van der Waals surface area contributed by atoms with E-state index in [0.29, 0.717) is 6.04 Å². The van der Waals surface area contributed by atoms with Gasteiger partial charge in [-0.25, -0.2) is 0 Å². The van der Waals surface area contributed by atoms with E-state index in [1.54, 1.807) is 0 Å². The van der Waals surface area contributed by atoms with Crippen LogP contribution in [0.1, 0.15) is 30.0 Å². The summed E-state index contributed by atoms with van der Waals surface area (Å²) in [5.74, 6) is 0. The summed E-state index contributed by atoms with van der Waals surface area (Å²) in [5.41, 5.74) is 2.79. The maximum atomic E-state index is 3.63. The lowest BCUT2D eigenvalue weighted by molar-refractivity contribution is 0.192. The van der Waals surface area contributed by atoms with Crippen molar-refractivity contribution in [2.24, 2.45) is 0 Å². The number of hydrogen-bond acceptors (Lipinski definition) is 2. The van der Waals surface area contributed by atoms with E-state index in [0.717, 1.165) is 12.6 Å². The van der Waals surface area contributed by atoms with Gasteiger partial charge in [0.05, 0.1) is 0 Å². The minimum Gasteiger partial charge on any atom is -0.308 e. The monoisotopic (exact) mass is 216 g/mol. The molecule has 0 unspecified atom stereocenters. The van der Waals surface area contributed by atoms with E-state index >= 15 is 0 Å². The smallest absolute Gasteiger partial charge is 0.0449 e. The van der Waals surface area contributed by atoms with Gasteiger partial charge in [0.25, 0.3) is 0 Å². The Bertz CT molecular complexity index is 354. The molecule has 3 rings (SSSR count). The van der Waals surface area contributed by atoms with Crippen LogP contribution in [-0.4, -0.2) is 30.6 Å². The van der Waals surface area contributed by atoms with Crippen LogP contribution >= 0.6 is 0 Å². The summed E-state index contributed by atoms with van der Waals surface area (Å²) in [6.07, 6.45) is 2.83. The Morgan fingerprint density at radius 2 is 1.94 bits per heavy atom. The van der Waals surface area contributed by atoms with Crippen LogP contribution in [0.3, 0.4) is 0 Å². The highest BCUT2D eigenvalue weighted by Crippen LogP contribution is 2.30. The molecule has 1 aromatic rings. The summed E-state index contributed by atoms with van der Waals surface area (Å²) in [6, 6.07) is 10.4. The standard InChI is InChI=1S/C14H20N2/c1-11-2-4-12(5-3-11)14-10-16(9-8-15-14)13-6-7-13/h2-5,13-15H,6-10H2,1H3/t14-/m1/s1. The Labute approximate surface area is 97.6 Å². The van der Waals surface area contributed by atoms with Crippen molar-refractivity contribution in [3.8, 4) is 0 Å². The van der Waals surface area contributed by atoms with Gasteiger partial charge in [0, 0.05) is 31.7 Å². The van der Waals surface area contributed by atoms with Gasteiger partial charge in [-0.15, -0.1) is 0 Å². The highest BCUT2D eigenvalue weighted by atomic mass is 15.2. The van der Waals surface area contributed by atoms with Gasteiger partial charge >= 0.3 is 0 Å². The molecule has 0 amide bonds. The molecule has 86 valence electrons. The molecule has 0 aromatic heterocycles. The lowest BCUT2D eigenvalue weighted by Crippen LogP contribution is -2.46. The number of rotatable bonds is 2. The second kappa shape index (κ2) is 4.19. The Balaban J connectivity index is 1.71. The van der Waals surface area contributed by atoms with Crippen LogP contribution in [0, 0.1) is 6.92 Å². The van der Waals surface area contributed by atoms with Crippen LogP contribution in [0.2, 0.25) is 0 Å². The second-order valence-corrected chi connectivity index (χ2v) is 5.14. The van der Waals surface area contributed by atoms with Gasteiger partial charge in [0.2, 0.25) is 0 Å². The van der Waals surface area contributed by atoms with Crippen LogP contribution < -0.4 is 5.32 Å². The van der Waals surface area contributed by atoms with Crippen molar-refractivity contribution in [3.05, 3.63) is 35.4 Å². The molecule has 2 heteroatoms. The first kappa shape index (κ1) is 10.3. The number of nitrogens with one attached hydrogen (secondary N) is 1. The summed E-state index contributed by atoms with van der Waals surface area (Å²) < 4.78 is 0. The average molecular weight is 216 g/mol. The van der Waals surface area contributed by atoms with Crippen molar-refractivity contribution in [2.45, 2.75) is 31.8 Å². The van der Waals surface area contributed by atoms with Crippen LogP contribution in [0.25, 0.3) is 0 Å². The van der Waals surface area contributed by atoms with Gasteiger partial charge in [-0.3, -0.25) is 4.90 Å². The molecule has 1 aromatic carbocycles. The highest BCUT2D eigenvalue weighted by molar-refractivity contribution is 5.24.